The number of hydrogen-bond donors (Lipinski definition) is 1. The van der Waals surface area contributed by atoms with Gasteiger partial charge in [0.25, 0.3) is 5.91 Å². The zero-order valence-corrected chi connectivity index (χ0v) is 23.8. The molecule has 0 aliphatic carbocycles. The molecule has 2 heterocycles. The number of aromatic amines is 1. The predicted octanol–water partition coefficient (Wildman–Crippen LogP) is 5.72. The Morgan fingerprint density at radius 2 is 1.66 bits per heavy atom. The van der Waals surface area contributed by atoms with Crippen LogP contribution in [0.5, 0.6) is 11.5 Å². The van der Waals surface area contributed by atoms with E-state index in [1.165, 1.54) is 25.3 Å². The van der Waals surface area contributed by atoms with E-state index in [2.05, 4.69) is 22.1 Å². The highest BCUT2D eigenvalue weighted by atomic mass is 32.2. The second kappa shape index (κ2) is 10.4. The van der Waals surface area contributed by atoms with Crippen molar-refractivity contribution < 1.29 is 22.7 Å². The van der Waals surface area contributed by atoms with E-state index in [1.54, 1.807) is 36.1 Å². The lowest BCUT2D eigenvalue weighted by Crippen LogP contribution is -2.33. The average Bonchev–Trinajstić information content (AvgIpc) is 3.22. The van der Waals surface area contributed by atoms with Crippen LogP contribution in [0.3, 0.4) is 0 Å². The number of imidazole rings is 1. The zero-order chi connectivity index (χ0) is 28.7. The number of nitrogens with zero attached hydrogens (tertiary/aromatic N) is 2. The molecule has 0 saturated carbocycles. The van der Waals surface area contributed by atoms with E-state index in [0.29, 0.717) is 36.6 Å². The number of amides is 1. The molecule has 8 nitrogen and oxygen atoms in total. The maximum Gasteiger partial charge on any atom is 0.254 e. The lowest BCUT2D eigenvalue weighted by Gasteiger charge is -2.21. The first-order chi connectivity index (χ1) is 19.7. The summed E-state index contributed by atoms with van der Waals surface area (Å²) in [4.78, 5) is 23.5. The number of carbonyl (C=O) groups excluding carboxylic acids is 1. The first-order valence-corrected chi connectivity index (χ1v) is 14.7. The number of hydrogen-bond acceptors (Lipinski definition) is 6. The predicted molar refractivity (Wildman–Crippen MR) is 156 cm³/mol. The minimum Gasteiger partial charge on any atom is -0.497 e. The molecule has 5 aromatic rings. The Morgan fingerprint density at radius 3 is 2.41 bits per heavy atom. The molecule has 1 amide bonds. The summed E-state index contributed by atoms with van der Waals surface area (Å²) in [5.41, 5.74) is 5.89. The van der Waals surface area contributed by atoms with Crippen LogP contribution in [0.15, 0.2) is 88.7 Å². The number of methoxy groups -OCH3 is 1. The molecule has 1 aliphatic rings. The van der Waals surface area contributed by atoms with E-state index in [4.69, 9.17) is 9.47 Å². The summed E-state index contributed by atoms with van der Waals surface area (Å²) in [6.07, 6.45) is 0. The Balaban J connectivity index is 1.26. The molecule has 41 heavy (non-hydrogen) atoms. The van der Waals surface area contributed by atoms with Crippen molar-refractivity contribution in [3.63, 3.8) is 0 Å². The normalized spacial score (nSPS) is 13.4. The second-order valence-corrected chi connectivity index (χ2v) is 12.1. The number of ether oxygens (including phenoxy) is 2. The fourth-order valence-corrected chi connectivity index (χ4v) is 6.51. The van der Waals surface area contributed by atoms with Gasteiger partial charge >= 0.3 is 0 Å². The summed E-state index contributed by atoms with van der Waals surface area (Å²) in [6, 6.07) is 23.0. The standard InChI is InChI=1S/C32H29N3O5S/c1-20-16-27(41(37,38)26-8-6-25(39-3)7-9-26)10-11-28(20)32(36)35-14-15-40-31-13-5-22(17-24(31)19-35)23-4-12-29-30(18-23)34-21(2)33-29/h4-13,16-18H,14-15,19H2,1-3H3,(H,33,34). The van der Waals surface area contributed by atoms with Gasteiger partial charge in [-0.1, -0.05) is 12.1 Å². The molecule has 0 unspecified atom stereocenters. The molecule has 0 bridgehead atoms. The van der Waals surface area contributed by atoms with Crippen LogP contribution in [0.2, 0.25) is 0 Å². The number of aryl methyl sites for hydroxylation is 2. The average molecular weight is 568 g/mol. The van der Waals surface area contributed by atoms with Crippen LogP contribution in [0.4, 0.5) is 0 Å². The third kappa shape index (κ3) is 5.04. The van der Waals surface area contributed by atoms with Crippen molar-refractivity contribution in [3.05, 3.63) is 101 Å². The minimum absolute atomic E-state index is 0.135. The molecule has 0 fully saturated rings. The van der Waals surface area contributed by atoms with Gasteiger partial charge in [-0.25, -0.2) is 13.4 Å². The van der Waals surface area contributed by atoms with Crippen molar-refractivity contribution >= 4 is 26.8 Å². The van der Waals surface area contributed by atoms with Crippen molar-refractivity contribution in [3.8, 4) is 22.6 Å². The number of rotatable bonds is 5. The van der Waals surface area contributed by atoms with Crippen LogP contribution in [0.1, 0.15) is 27.3 Å². The number of carbonyl (C=O) groups is 1. The first kappa shape index (κ1) is 26.6. The van der Waals surface area contributed by atoms with E-state index in [0.717, 1.165) is 39.3 Å². The highest BCUT2D eigenvalue weighted by Gasteiger charge is 2.25. The van der Waals surface area contributed by atoms with Gasteiger partial charge < -0.3 is 19.4 Å². The highest BCUT2D eigenvalue weighted by Crippen LogP contribution is 2.32. The fraction of sp³-hybridized carbons (Fsp3) is 0.188. The third-order valence-corrected chi connectivity index (χ3v) is 9.14. The smallest absolute Gasteiger partial charge is 0.254 e. The van der Waals surface area contributed by atoms with Crippen LogP contribution >= 0.6 is 0 Å². The van der Waals surface area contributed by atoms with Gasteiger partial charge in [0.15, 0.2) is 0 Å². The third-order valence-electron chi connectivity index (χ3n) is 7.37. The summed E-state index contributed by atoms with van der Waals surface area (Å²) in [5, 5.41) is 0. The summed E-state index contributed by atoms with van der Waals surface area (Å²) in [5.74, 6) is 2.01. The molecule has 1 N–H and O–H groups in total. The maximum atomic E-state index is 13.7. The van der Waals surface area contributed by atoms with Crippen molar-refractivity contribution in [1.29, 1.82) is 0 Å². The zero-order valence-electron chi connectivity index (χ0n) is 23.0. The van der Waals surface area contributed by atoms with Crippen LogP contribution in [0, 0.1) is 13.8 Å². The van der Waals surface area contributed by atoms with E-state index in [1.807, 2.05) is 31.2 Å². The molecule has 208 valence electrons. The SMILES string of the molecule is COc1ccc(S(=O)(=O)c2ccc(C(=O)N3CCOc4ccc(-c5ccc6nc(C)[nH]c6c5)cc4C3)c(C)c2)cc1. The first-order valence-electron chi connectivity index (χ1n) is 13.2. The number of nitrogens with one attached hydrogen (secondary N) is 1. The lowest BCUT2D eigenvalue weighted by molar-refractivity contribution is 0.0732. The van der Waals surface area contributed by atoms with E-state index in [9.17, 15) is 13.2 Å². The largest absolute Gasteiger partial charge is 0.497 e. The molecule has 1 aliphatic heterocycles. The Morgan fingerprint density at radius 1 is 0.927 bits per heavy atom. The van der Waals surface area contributed by atoms with Gasteiger partial charge in [0, 0.05) is 17.7 Å². The van der Waals surface area contributed by atoms with Crippen molar-refractivity contribution in [1.82, 2.24) is 14.9 Å². The van der Waals surface area contributed by atoms with Gasteiger partial charge in [-0.05, 0) is 97.3 Å². The molecule has 6 rings (SSSR count). The van der Waals surface area contributed by atoms with Crippen molar-refractivity contribution in [2.24, 2.45) is 0 Å². The summed E-state index contributed by atoms with van der Waals surface area (Å²) in [6.45, 7) is 4.83. The summed E-state index contributed by atoms with van der Waals surface area (Å²) < 4.78 is 37.6. The number of aromatic nitrogens is 2. The second-order valence-electron chi connectivity index (χ2n) is 10.1. The molecule has 0 saturated heterocycles. The summed E-state index contributed by atoms with van der Waals surface area (Å²) in [7, 11) is -2.22. The molecular weight excluding hydrogens is 538 g/mol. The number of benzene rings is 4. The Kier molecular flexibility index (Phi) is 6.75. The van der Waals surface area contributed by atoms with Crippen molar-refractivity contribution in [2.75, 3.05) is 20.3 Å². The molecule has 4 aromatic carbocycles. The van der Waals surface area contributed by atoms with E-state index < -0.39 is 9.84 Å². The minimum atomic E-state index is -3.75. The van der Waals surface area contributed by atoms with E-state index >= 15 is 0 Å². The van der Waals surface area contributed by atoms with Gasteiger partial charge in [-0.15, -0.1) is 0 Å². The van der Waals surface area contributed by atoms with Gasteiger partial charge in [0.2, 0.25) is 9.84 Å². The van der Waals surface area contributed by atoms with Crippen LogP contribution in [0.25, 0.3) is 22.2 Å². The molecule has 1 aromatic heterocycles. The van der Waals surface area contributed by atoms with Gasteiger partial charge in [-0.2, -0.15) is 0 Å². The van der Waals surface area contributed by atoms with Crippen LogP contribution in [-0.4, -0.2) is 49.5 Å². The number of H-pyrrole nitrogens is 1. The lowest BCUT2D eigenvalue weighted by atomic mass is 10.0. The Bertz CT molecular complexity index is 1900. The molecule has 9 heteroatoms. The Hall–Kier alpha value is -4.63. The van der Waals surface area contributed by atoms with Gasteiger partial charge in [0.05, 0.1) is 34.5 Å². The van der Waals surface area contributed by atoms with Crippen LogP contribution in [-0.2, 0) is 16.4 Å². The maximum absolute atomic E-state index is 13.7. The fourth-order valence-electron chi connectivity index (χ4n) is 5.17. The monoisotopic (exact) mass is 567 g/mol. The van der Waals surface area contributed by atoms with Gasteiger partial charge in [-0.3, -0.25) is 4.79 Å². The topological polar surface area (TPSA) is 102 Å². The van der Waals surface area contributed by atoms with Gasteiger partial charge in [0.1, 0.15) is 23.9 Å². The molecular formula is C32H29N3O5S. The van der Waals surface area contributed by atoms with Crippen LogP contribution < -0.4 is 9.47 Å². The van der Waals surface area contributed by atoms with E-state index in [-0.39, 0.29) is 15.7 Å². The number of sulfone groups is 1. The Labute approximate surface area is 238 Å². The number of fused-ring (bicyclic) bond motifs is 2. The molecule has 0 atom stereocenters. The molecule has 0 spiro atoms. The van der Waals surface area contributed by atoms with Crippen molar-refractivity contribution in [2.45, 2.75) is 30.2 Å². The molecule has 0 radical (unpaired) electrons. The quantitative estimate of drug-likeness (QED) is 0.291. The summed E-state index contributed by atoms with van der Waals surface area (Å²) >= 11 is 0. The highest BCUT2D eigenvalue weighted by molar-refractivity contribution is 7.91.